The van der Waals surface area contributed by atoms with Crippen molar-refractivity contribution >= 4 is 5.91 Å². The zero-order valence-corrected chi connectivity index (χ0v) is 9.04. The summed E-state index contributed by atoms with van der Waals surface area (Å²) in [4.78, 5) is 10.8. The number of carbonyl (C=O) groups is 1. The van der Waals surface area contributed by atoms with Crippen molar-refractivity contribution in [3.8, 4) is 5.75 Å². The molecule has 0 aromatic heterocycles. The second-order valence-corrected chi connectivity index (χ2v) is 3.43. The molecule has 0 bridgehead atoms. The maximum absolute atomic E-state index is 10.8. The second kappa shape index (κ2) is 5.36. The van der Waals surface area contributed by atoms with E-state index in [0.717, 1.165) is 11.3 Å². The van der Waals surface area contributed by atoms with Crippen LogP contribution in [-0.2, 0) is 4.79 Å². The van der Waals surface area contributed by atoms with Gasteiger partial charge in [0.25, 0.3) is 0 Å². The predicted molar refractivity (Wildman–Crippen MR) is 58.4 cm³/mol. The summed E-state index contributed by atoms with van der Waals surface area (Å²) in [5, 5.41) is 0. The van der Waals surface area contributed by atoms with Gasteiger partial charge >= 0.3 is 0 Å². The van der Waals surface area contributed by atoms with E-state index in [4.69, 9.17) is 10.6 Å². The highest BCUT2D eigenvalue weighted by Crippen LogP contribution is 2.18. The van der Waals surface area contributed by atoms with Gasteiger partial charge < -0.3 is 4.74 Å². The van der Waals surface area contributed by atoms with Gasteiger partial charge in [-0.15, -0.1) is 0 Å². The summed E-state index contributed by atoms with van der Waals surface area (Å²) in [6.45, 7) is 4.34. The number of hydrogen-bond donors (Lipinski definition) is 2. The van der Waals surface area contributed by atoms with Crippen LogP contribution < -0.4 is 16.0 Å². The molecular weight excluding hydrogens is 192 g/mol. The Bertz CT molecular complexity index is 350. The second-order valence-electron chi connectivity index (χ2n) is 3.43. The van der Waals surface area contributed by atoms with Crippen molar-refractivity contribution in [1.82, 2.24) is 5.43 Å². The molecule has 4 nitrogen and oxygen atoms in total. The third-order valence-corrected chi connectivity index (χ3v) is 2.08. The lowest BCUT2D eigenvalue weighted by Crippen LogP contribution is -2.31. The van der Waals surface area contributed by atoms with Gasteiger partial charge in [0.1, 0.15) is 5.75 Å². The van der Waals surface area contributed by atoms with Crippen LogP contribution in [0.25, 0.3) is 0 Å². The molecule has 0 aliphatic carbocycles. The number of amides is 1. The summed E-state index contributed by atoms with van der Waals surface area (Å²) < 4.78 is 5.45. The fourth-order valence-corrected chi connectivity index (χ4v) is 1.29. The van der Waals surface area contributed by atoms with Gasteiger partial charge in [0.2, 0.25) is 5.91 Å². The van der Waals surface area contributed by atoms with Crippen LogP contribution in [-0.4, -0.2) is 12.5 Å². The molecule has 0 saturated heterocycles. The maximum Gasteiger partial charge on any atom is 0.237 e. The van der Waals surface area contributed by atoms with Crippen LogP contribution in [0.4, 0.5) is 0 Å². The van der Waals surface area contributed by atoms with Crippen LogP contribution in [0.5, 0.6) is 5.75 Å². The molecule has 0 heterocycles. The molecule has 0 atom stereocenters. The molecule has 82 valence electrons. The third-order valence-electron chi connectivity index (χ3n) is 2.08. The van der Waals surface area contributed by atoms with Gasteiger partial charge in [-0.3, -0.25) is 10.2 Å². The van der Waals surface area contributed by atoms with Gasteiger partial charge in [-0.2, -0.15) is 0 Å². The topological polar surface area (TPSA) is 64.3 Å². The molecule has 0 spiro atoms. The average Bonchev–Trinajstić information content (AvgIpc) is 2.21. The first kappa shape index (κ1) is 11.5. The lowest BCUT2D eigenvalue weighted by atomic mass is 10.1. The molecule has 0 unspecified atom stereocenters. The van der Waals surface area contributed by atoms with Gasteiger partial charge in [-0.1, -0.05) is 17.7 Å². The first-order valence-corrected chi connectivity index (χ1v) is 4.83. The van der Waals surface area contributed by atoms with Gasteiger partial charge in [-0.05, 0) is 25.5 Å². The Kier molecular flexibility index (Phi) is 4.12. The van der Waals surface area contributed by atoms with E-state index in [2.05, 4.69) is 5.43 Å². The third kappa shape index (κ3) is 3.59. The largest absolute Gasteiger partial charge is 0.493 e. The van der Waals surface area contributed by atoms with E-state index in [0.29, 0.717) is 6.61 Å². The summed E-state index contributed by atoms with van der Waals surface area (Å²) >= 11 is 0. The van der Waals surface area contributed by atoms with Gasteiger partial charge in [-0.25, -0.2) is 5.84 Å². The van der Waals surface area contributed by atoms with Crippen LogP contribution in [0, 0.1) is 13.8 Å². The lowest BCUT2D eigenvalue weighted by molar-refractivity contribution is -0.121. The van der Waals surface area contributed by atoms with E-state index in [9.17, 15) is 4.79 Å². The van der Waals surface area contributed by atoms with Crippen molar-refractivity contribution in [2.45, 2.75) is 20.3 Å². The highest BCUT2D eigenvalue weighted by atomic mass is 16.5. The molecule has 0 radical (unpaired) electrons. The Morgan fingerprint density at radius 2 is 2.20 bits per heavy atom. The summed E-state index contributed by atoms with van der Waals surface area (Å²) in [7, 11) is 0. The zero-order chi connectivity index (χ0) is 11.3. The number of aryl methyl sites for hydroxylation is 2. The Labute approximate surface area is 89.4 Å². The van der Waals surface area contributed by atoms with Gasteiger partial charge in [0, 0.05) is 0 Å². The van der Waals surface area contributed by atoms with E-state index < -0.39 is 0 Å². The molecule has 1 aromatic carbocycles. The normalized spacial score (nSPS) is 9.80. The number of ether oxygens (including phenoxy) is 1. The van der Waals surface area contributed by atoms with Crippen molar-refractivity contribution in [2.24, 2.45) is 5.84 Å². The van der Waals surface area contributed by atoms with Gasteiger partial charge in [0.05, 0.1) is 13.0 Å². The molecule has 3 N–H and O–H groups in total. The number of benzene rings is 1. The van der Waals surface area contributed by atoms with Crippen molar-refractivity contribution in [2.75, 3.05) is 6.61 Å². The number of nitrogens with one attached hydrogen (secondary N) is 1. The Morgan fingerprint density at radius 3 is 2.80 bits per heavy atom. The fourth-order valence-electron chi connectivity index (χ4n) is 1.29. The van der Waals surface area contributed by atoms with Crippen LogP contribution >= 0.6 is 0 Å². The van der Waals surface area contributed by atoms with E-state index >= 15 is 0 Å². The predicted octanol–water partition coefficient (Wildman–Crippen LogP) is 1.06. The smallest absolute Gasteiger partial charge is 0.237 e. The summed E-state index contributed by atoms with van der Waals surface area (Å²) in [5.41, 5.74) is 4.32. The standard InChI is InChI=1S/C11H16N2O2/c1-8-3-4-10(9(2)7-8)15-6-5-11(14)13-12/h3-4,7H,5-6,12H2,1-2H3,(H,13,14). The van der Waals surface area contributed by atoms with E-state index in [1.807, 2.05) is 32.0 Å². The Morgan fingerprint density at radius 1 is 1.47 bits per heavy atom. The minimum atomic E-state index is -0.222. The monoisotopic (exact) mass is 208 g/mol. The number of hydrazine groups is 1. The maximum atomic E-state index is 10.8. The average molecular weight is 208 g/mol. The summed E-state index contributed by atoms with van der Waals surface area (Å²) in [5.74, 6) is 5.53. The molecule has 4 heteroatoms. The van der Waals surface area contributed by atoms with Crippen molar-refractivity contribution < 1.29 is 9.53 Å². The molecule has 0 saturated carbocycles. The number of rotatable bonds is 4. The molecule has 1 rings (SSSR count). The molecule has 1 amide bonds. The first-order valence-electron chi connectivity index (χ1n) is 4.83. The summed E-state index contributed by atoms with van der Waals surface area (Å²) in [6, 6.07) is 5.93. The van der Waals surface area contributed by atoms with Crippen LogP contribution in [0.2, 0.25) is 0 Å². The quantitative estimate of drug-likeness (QED) is 0.442. The SMILES string of the molecule is Cc1ccc(OCCC(=O)NN)c(C)c1. The zero-order valence-electron chi connectivity index (χ0n) is 9.04. The fraction of sp³-hybridized carbons (Fsp3) is 0.364. The first-order chi connectivity index (χ1) is 7.13. The van der Waals surface area contributed by atoms with Crippen molar-refractivity contribution in [3.63, 3.8) is 0 Å². The molecule has 0 aliphatic rings. The molecule has 0 fully saturated rings. The van der Waals surface area contributed by atoms with Gasteiger partial charge in [0.15, 0.2) is 0 Å². The van der Waals surface area contributed by atoms with Crippen molar-refractivity contribution in [1.29, 1.82) is 0 Å². The molecule has 15 heavy (non-hydrogen) atoms. The minimum Gasteiger partial charge on any atom is -0.493 e. The lowest BCUT2D eigenvalue weighted by Gasteiger charge is -2.08. The molecular formula is C11H16N2O2. The van der Waals surface area contributed by atoms with E-state index in [-0.39, 0.29) is 12.3 Å². The van der Waals surface area contributed by atoms with E-state index in [1.165, 1.54) is 5.56 Å². The van der Waals surface area contributed by atoms with Crippen LogP contribution in [0.1, 0.15) is 17.5 Å². The van der Waals surface area contributed by atoms with Crippen LogP contribution in [0.15, 0.2) is 18.2 Å². The molecule has 0 aliphatic heterocycles. The Hall–Kier alpha value is -1.55. The van der Waals surface area contributed by atoms with Crippen molar-refractivity contribution in [3.05, 3.63) is 29.3 Å². The molecule has 1 aromatic rings. The highest BCUT2D eigenvalue weighted by molar-refractivity contribution is 5.75. The van der Waals surface area contributed by atoms with Crippen LogP contribution in [0.3, 0.4) is 0 Å². The summed E-state index contributed by atoms with van der Waals surface area (Å²) in [6.07, 6.45) is 0.268. The Balaban J connectivity index is 2.47. The van der Waals surface area contributed by atoms with E-state index in [1.54, 1.807) is 0 Å². The number of nitrogens with two attached hydrogens (primary N) is 1. The number of carbonyl (C=O) groups excluding carboxylic acids is 1. The minimum absolute atomic E-state index is 0.222. The number of hydrogen-bond acceptors (Lipinski definition) is 3. The highest BCUT2D eigenvalue weighted by Gasteiger charge is 2.01.